The van der Waals surface area contributed by atoms with E-state index in [1.54, 1.807) is 43.3 Å². The second-order valence-corrected chi connectivity index (χ2v) is 10.4. The van der Waals surface area contributed by atoms with Crippen molar-refractivity contribution in [1.29, 1.82) is 0 Å². The van der Waals surface area contributed by atoms with Crippen LogP contribution in [0.3, 0.4) is 0 Å². The zero-order valence-corrected chi connectivity index (χ0v) is 22.4. The summed E-state index contributed by atoms with van der Waals surface area (Å²) in [5, 5.41) is 14.0. The Labute approximate surface area is 225 Å². The Morgan fingerprint density at radius 2 is 1.55 bits per heavy atom. The molecule has 0 aromatic heterocycles. The summed E-state index contributed by atoms with van der Waals surface area (Å²) in [6.07, 6.45) is 0.393. The second-order valence-electron chi connectivity index (χ2n) is 10.4. The maximum absolute atomic E-state index is 14.0. The number of likely N-dealkylation sites (tertiary alicyclic amines) is 1. The van der Waals surface area contributed by atoms with Crippen molar-refractivity contribution in [2.45, 2.75) is 43.4 Å². The molecule has 1 aliphatic heterocycles. The first-order chi connectivity index (χ1) is 18.2. The Morgan fingerprint density at radius 3 is 2.08 bits per heavy atom. The standard InChI is InChI=1S/C31H38N4O3/c1-22(35-19-18-27(28(36)21-35)33-29(37)25-16-10-11-17-26(25)32)20-31(30(38)34(2)3,23-12-6-4-7-13-23)24-14-8-5-9-15-24/h4-17,22,27-28,36H,18-21,32H2,1-3H3,(H,33,37)/t22?,27-,28-/m1/s1. The van der Waals surface area contributed by atoms with Gasteiger partial charge in [0, 0.05) is 38.9 Å². The monoisotopic (exact) mass is 514 g/mol. The molecule has 200 valence electrons. The summed E-state index contributed by atoms with van der Waals surface area (Å²) >= 11 is 0. The minimum absolute atomic E-state index is 0.0182. The van der Waals surface area contributed by atoms with E-state index in [2.05, 4.69) is 17.1 Å². The lowest BCUT2D eigenvalue weighted by Gasteiger charge is -2.44. The molecule has 1 fully saturated rings. The number of amides is 2. The third-order valence-electron chi connectivity index (χ3n) is 7.66. The molecule has 0 saturated carbocycles. The van der Waals surface area contributed by atoms with E-state index in [0.717, 1.165) is 11.1 Å². The van der Waals surface area contributed by atoms with Crippen molar-refractivity contribution in [3.05, 3.63) is 102 Å². The molecule has 7 heteroatoms. The van der Waals surface area contributed by atoms with Gasteiger partial charge in [-0.25, -0.2) is 0 Å². The highest BCUT2D eigenvalue weighted by Gasteiger charge is 2.45. The van der Waals surface area contributed by atoms with Crippen LogP contribution in [0.1, 0.15) is 41.3 Å². The van der Waals surface area contributed by atoms with Gasteiger partial charge in [-0.3, -0.25) is 14.5 Å². The molecule has 3 aromatic rings. The summed E-state index contributed by atoms with van der Waals surface area (Å²) in [4.78, 5) is 30.6. The lowest BCUT2D eigenvalue weighted by atomic mass is 9.69. The number of para-hydroxylation sites is 1. The second kappa shape index (κ2) is 11.8. The topological polar surface area (TPSA) is 98.9 Å². The van der Waals surface area contributed by atoms with Crippen molar-refractivity contribution < 1.29 is 14.7 Å². The van der Waals surface area contributed by atoms with E-state index in [9.17, 15) is 14.7 Å². The van der Waals surface area contributed by atoms with Gasteiger partial charge in [-0.15, -0.1) is 0 Å². The molecule has 0 radical (unpaired) electrons. The molecule has 1 heterocycles. The number of hydrogen-bond acceptors (Lipinski definition) is 5. The van der Waals surface area contributed by atoms with E-state index in [1.807, 2.05) is 60.7 Å². The number of carbonyl (C=O) groups excluding carboxylic acids is 2. The zero-order valence-electron chi connectivity index (χ0n) is 22.4. The van der Waals surface area contributed by atoms with Gasteiger partial charge in [0.05, 0.1) is 17.7 Å². The van der Waals surface area contributed by atoms with Crippen LogP contribution in [0.4, 0.5) is 5.69 Å². The average molecular weight is 515 g/mol. The Bertz CT molecular complexity index is 1190. The fraction of sp³-hybridized carbons (Fsp3) is 0.355. The van der Waals surface area contributed by atoms with Crippen LogP contribution in [0.2, 0.25) is 0 Å². The molecule has 1 saturated heterocycles. The summed E-state index contributed by atoms with van der Waals surface area (Å²) in [7, 11) is 3.59. The number of carbonyl (C=O) groups is 2. The van der Waals surface area contributed by atoms with E-state index >= 15 is 0 Å². The third-order valence-corrected chi connectivity index (χ3v) is 7.66. The molecule has 2 amide bonds. The van der Waals surface area contributed by atoms with Gasteiger partial charge in [0.15, 0.2) is 0 Å². The van der Waals surface area contributed by atoms with Crippen LogP contribution in [0.5, 0.6) is 0 Å². The van der Waals surface area contributed by atoms with E-state index in [-0.39, 0.29) is 23.9 Å². The van der Waals surface area contributed by atoms with E-state index < -0.39 is 11.5 Å². The lowest BCUT2D eigenvalue weighted by molar-refractivity contribution is -0.134. The Balaban J connectivity index is 1.55. The number of piperidine rings is 1. The first-order valence-electron chi connectivity index (χ1n) is 13.1. The molecular weight excluding hydrogens is 476 g/mol. The number of anilines is 1. The highest BCUT2D eigenvalue weighted by molar-refractivity contribution is 5.99. The van der Waals surface area contributed by atoms with Crippen molar-refractivity contribution in [3.63, 3.8) is 0 Å². The van der Waals surface area contributed by atoms with Gasteiger partial charge in [-0.05, 0) is 43.0 Å². The quantitative estimate of drug-likeness (QED) is 0.401. The Hall–Kier alpha value is -3.68. The van der Waals surface area contributed by atoms with Gasteiger partial charge in [-0.1, -0.05) is 72.8 Å². The minimum atomic E-state index is -0.883. The number of aliphatic hydroxyl groups is 1. The first-order valence-corrected chi connectivity index (χ1v) is 13.1. The Kier molecular flexibility index (Phi) is 8.49. The van der Waals surface area contributed by atoms with Crippen LogP contribution in [0.15, 0.2) is 84.9 Å². The Morgan fingerprint density at radius 1 is 1.00 bits per heavy atom. The van der Waals surface area contributed by atoms with E-state index in [0.29, 0.717) is 37.2 Å². The highest BCUT2D eigenvalue weighted by atomic mass is 16.3. The molecule has 38 heavy (non-hydrogen) atoms. The van der Waals surface area contributed by atoms with Crippen LogP contribution < -0.4 is 11.1 Å². The summed E-state index contributed by atoms with van der Waals surface area (Å²) < 4.78 is 0. The largest absolute Gasteiger partial charge is 0.398 e. The molecule has 0 bridgehead atoms. The third kappa shape index (κ3) is 5.59. The summed E-state index contributed by atoms with van der Waals surface area (Å²) in [5.41, 5.74) is 7.79. The number of likely N-dealkylation sites (N-methyl/N-ethyl adjacent to an activating group) is 1. The molecule has 7 nitrogen and oxygen atoms in total. The van der Waals surface area contributed by atoms with Crippen LogP contribution in [-0.2, 0) is 10.2 Å². The predicted octanol–water partition coefficient (Wildman–Crippen LogP) is 3.29. The van der Waals surface area contributed by atoms with Crippen LogP contribution in [-0.4, -0.2) is 72.1 Å². The van der Waals surface area contributed by atoms with Gasteiger partial charge in [0.25, 0.3) is 5.91 Å². The molecule has 3 aromatic carbocycles. The lowest BCUT2D eigenvalue weighted by Crippen LogP contribution is -2.57. The summed E-state index contributed by atoms with van der Waals surface area (Å²) in [5.74, 6) is -0.262. The van der Waals surface area contributed by atoms with Gasteiger partial charge in [-0.2, -0.15) is 0 Å². The van der Waals surface area contributed by atoms with Crippen molar-refractivity contribution in [2.75, 3.05) is 32.9 Å². The van der Waals surface area contributed by atoms with E-state index in [1.165, 1.54) is 0 Å². The zero-order chi connectivity index (χ0) is 27.3. The molecule has 1 unspecified atom stereocenters. The van der Waals surface area contributed by atoms with Gasteiger partial charge in [0.1, 0.15) is 5.41 Å². The number of aliphatic hydroxyl groups excluding tert-OH is 1. The average Bonchev–Trinajstić information content (AvgIpc) is 2.93. The van der Waals surface area contributed by atoms with E-state index in [4.69, 9.17) is 5.73 Å². The minimum Gasteiger partial charge on any atom is -0.398 e. The van der Waals surface area contributed by atoms with Crippen LogP contribution >= 0.6 is 0 Å². The molecule has 1 aliphatic rings. The molecule has 0 spiro atoms. The smallest absolute Gasteiger partial charge is 0.253 e. The van der Waals surface area contributed by atoms with Crippen molar-refractivity contribution in [2.24, 2.45) is 0 Å². The van der Waals surface area contributed by atoms with Crippen molar-refractivity contribution in [1.82, 2.24) is 15.1 Å². The SMILES string of the molecule is CC(CC(C(=O)N(C)C)(c1ccccc1)c1ccccc1)N1CC[C@@H](NC(=O)c2ccccc2N)[C@H](O)C1. The summed E-state index contributed by atoms with van der Waals surface area (Å²) in [6.45, 7) is 3.19. The van der Waals surface area contributed by atoms with Crippen molar-refractivity contribution >= 4 is 17.5 Å². The molecule has 3 atom stereocenters. The highest BCUT2D eigenvalue weighted by Crippen LogP contribution is 2.39. The number of nitrogen functional groups attached to an aromatic ring is 1. The number of nitrogens with zero attached hydrogens (tertiary/aromatic N) is 2. The number of benzene rings is 3. The predicted molar refractivity (Wildman–Crippen MR) is 151 cm³/mol. The van der Waals surface area contributed by atoms with Crippen LogP contribution in [0.25, 0.3) is 0 Å². The fourth-order valence-electron chi connectivity index (χ4n) is 5.61. The first kappa shape index (κ1) is 27.4. The number of hydrogen-bond donors (Lipinski definition) is 3. The van der Waals surface area contributed by atoms with Crippen molar-refractivity contribution in [3.8, 4) is 0 Å². The molecule has 4 rings (SSSR count). The van der Waals surface area contributed by atoms with Gasteiger partial charge >= 0.3 is 0 Å². The van der Waals surface area contributed by atoms with Crippen LogP contribution in [0, 0.1) is 0 Å². The number of rotatable bonds is 8. The molecule has 0 aliphatic carbocycles. The fourth-order valence-corrected chi connectivity index (χ4v) is 5.61. The number of β-amino-alcohol motifs (C(OH)–C–C–N with tert-alkyl or cyclic N) is 1. The number of nitrogens with two attached hydrogens (primary N) is 1. The normalized spacial score (nSPS) is 18.9. The number of nitrogens with one attached hydrogen (secondary N) is 1. The summed E-state index contributed by atoms with van der Waals surface area (Å²) in [6, 6.07) is 26.4. The molecular formula is C31H38N4O3. The maximum Gasteiger partial charge on any atom is 0.253 e. The maximum atomic E-state index is 14.0. The van der Waals surface area contributed by atoms with Gasteiger partial charge in [0.2, 0.25) is 5.91 Å². The molecule has 4 N–H and O–H groups in total. The van der Waals surface area contributed by atoms with Gasteiger partial charge < -0.3 is 21.1 Å².